The van der Waals surface area contributed by atoms with Gasteiger partial charge in [-0.05, 0) is 25.7 Å². The molecule has 3 aliphatic heterocycles. The highest BCUT2D eigenvalue weighted by molar-refractivity contribution is 9.09. The summed E-state index contributed by atoms with van der Waals surface area (Å²) in [7, 11) is 0. The molecule has 2 bridgehead atoms. The number of hydrogen-bond donors (Lipinski definition) is 0. The number of halogens is 2. The summed E-state index contributed by atoms with van der Waals surface area (Å²) < 4.78 is 12.7. The molecule has 0 aromatic rings. The van der Waals surface area contributed by atoms with Crippen LogP contribution in [-0.4, -0.2) is 34.1 Å². The minimum atomic E-state index is 0.266. The van der Waals surface area contributed by atoms with Gasteiger partial charge in [0.15, 0.2) is 0 Å². The molecule has 0 radical (unpaired) electrons. The molecule has 6 atom stereocenters. The third kappa shape index (κ3) is 4.18. The van der Waals surface area contributed by atoms with E-state index in [9.17, 15) is 0 Å². The molecule has 0 aromatic carbocycles. The van der Waals surface area contributed by atoms with Crippen molar-refractivity contribution >= 4 is 31.9 Å². The molecule has 0 N–H and O–H groups in total. The standard InChI is InChI=1S/C15H26Br2O2/c1-3-5-6-7-13-15-9-11(17)14(19-13)8-10(16)12(4-2)18-15/h10-15H,3-9H2,1-2H3/t10-,11-,12+,13+,14-,15+/m0/s1. The Bertz CT molecular complexity index is 275. The SMILES string of the molecule is CCCCC[C@H]1O[C@H]2C[C@H](Br)[C@@H](CC)O[C@@H]1C[C@@H]2Br. The molecule has 0 amide bonds. The fourth-order valence-electron chi connectivity index (χ4n) is 3.15. The van der Waals surface area contributed by atoms with E-state index < -0.39 is 0 Å². The summed E-state index contributed by atoms with van der Waals surface area (Å²) in [5.41, 5.74) is 0. The maximum absolute atomic E-state index is 6.35. The van der Waals surface area contributed by atoms with Crippen molar-refractivity contribution in [2.45, 2.75) is 92.9 Å². The zero-order valence-corrected chi connectivity index (χ0v) is 15.2. The Hall–Kier alpha value is 0.880. The molecule has 0 aromatic heterocycles. The summed E-state index contributed by atoms with van der Waals surface area (Å²) in [5.74, 6) is 0. The summed E-state index contributed by atoms with van der Waals surface area (Å²) in [4.78, 5) is 0.861. The summed E-state index contributed by atoms with van der Waals surface area (Å²) in [5, 5.41) is 0. The van der Waals surface area contributed by atoms with Crippen LogP contribution in [0, 0.1) is 0 Å². The Kier molecular flexibility index (Phi) is 6.64. The van der Waals surface area contributed by atoms with Crippen LogP contribution < -0.4 is 0 Å². The van der Waals surface area contributed by atoms with Crippen molar-refractivity contribution in [2.75, 3.05) is 0 Å². The van der Waals surface area contributed by atoms with Crippen LogP contribution >= 0.6 is 31.9 Å². The Morgan fingerprint density at radius 2 is 1.58 bits per heavy atom. The van der Waals surface area contributed by atoms with Crippen molar-refractivity contribution in [3.05, 3.63) is 0 Å². The van der Waals surface area contributed by atoms with E-state index in [1.807, 2.05) is 0 Å². The van der Waals surface area contributed by atoms with E-state index in [4.69, 9.17) is 9.47 Å². The first-order valence-corrected chi connectivity index (χ1v) is 9.57. The molecule has 0 saturated carbocycles. The second-order valence-electron chi connectivity index (χ2n) is 5.83. The molecule has 112 valence electrons. The van der Waals surface area contributed by atoms with Crippen LogP contribution in [0.5, 0.6) is 0 Å². The lowest BCUT2D eigenvalue weighted by molar-refractivity contribution is -0.177. The smallest absolute Gasteiger partial charge is 0.0852 e. The minimum absolute atomic E-state index is 0.266. The second kappa shape index (κ2) is 7.77. The first-order chi connectivity index (χ1) is 9.15. The number of fused-ring (bicyclic) bond motifs is 5. The Labute approximate surface area is 134 Å². The maximum Gasteiger partial charge on any atom is 0.0852 e. The Balaban J connectivity index is 2.00. The van der Waals surface area contributed by atoms with Gasteiger partial charge in [0.25, 0.3) is 0 Å². The van der Waals surface area contributed by atoms with E-state index in [1.54, 1.807) is 0 Å². The van der Waals surface area contributed by atoms with Crippen molar-refractivity contribution < 1.29 is 9.47 Å². The lowest BCUT2D eigenvalue weighted by Gasteiger charge is -2.45. The van der Waals surface area contributed by atoms with Crippen LogP contribution in [0.3, 0.4) is 0 Å². The number of ether oxygens (including phenoxy) is 2. The predicted molar refractivity (Wildman–Crippen MR) is 86.4 cm³/mol. The van der Waals surface area contributed by atoms with E-state index >= 15 is 0 Å². The molecule has 3 rings (SSSR count). The van der Waals surface area contributed by atoms with Crippen molar-refractivity contribution in [1.29, 1.82) is 0 Å². The number of hydrogen-bond acceptors (Lipinski definition) is 2. The number of rotatable bonds is 5. The van der Waals surface area contributed by atoms with Crippen LogP contribution in [0.15, 0.2) is 0 Å². The largest absolute Gasteiger partial charge is 0.371 e. The summed E-state index contributed by atoms with van der Waals surface area (Å²) in [6.07, 6.45) is 9.44. The Morgan fingerprint density at radius 1 is 0.895 bits per heavy atom. The summed E-state index contributed by atoms with van der Waals surface area (Å²) >= 11 is 7.57. The summed E-state index contributed by atoms with van der Waals surface area (Å²) in [6.45, 7) is 4.46. The van der Waals surface area contributed by atoms with E-state index in [0.29, 0.717) is 28.0 Å². The molecule has 4 heteroatoms. The van der Waals surface area contributed by atoms with Crippen molar-refractivity contribution in [3.63, 3.8) is 0 Å². The van der Waals surface area contributed by atoms with Gasteiger partial charge in [0.05, 0.1) is 24.4 Å². The van der Waals surface area contributed by atoms with Gasteiger partial charge in [-0.3, -0.25) is 0 Å². The molecule has 3 aliphatic rings. The molecule has 3 heterocycles. The van der Waals surface area contributed by atoms with Gasteiger partial charge < -0.3 is 9.47 Å². The Morgan fingerprint density at radius 3 is 2.26 bits per heavy atom. The quantitative estimate of drug-likeness (QED) is 0.489. The molecule has 0 spiro atoms. The first-order valence-electron chi connectivity index (χ1n) is 7.74. The van der Waals surface area contributed by atoms with Gasteiger partial charge >= 0.3 is 0 Å². The van der Waals surface area contributed by atoms with E-state index in [1.165, 1.54) is 19.3 Å². The van der Waals surface area contributed by atoms with Gasteiger partial charge in [0.2, 0.25) is 0 Å². The molecule has 3 saturated heterocycles. The molecular weight excluding hydrogens is 372 g/mol. The van der Waals surface area contributed by atoms with E-state index in [0.717, 1.165) is 25.7 Å². The van der Waals surface area contributed by atoms with Gasteiger partial charge in [-0.25, -0.2) is 0 Å². The van der Waals surface area contributed by atoms with Gasteiger partial charge in [-0.15, -0.1) is 0 Å². The van der Waals surface area contributed by atoms with Crippen LogP contribution in [0.4, 0.5) is 0 Å². The van der Waals surface area contributed by atoms with Gasteiger partial charge in [-0.2, -0.15) is 0 Å². The highest BCUT2D eigenvalue weighted by atomic mass is 79.9. The minimum Gasteiger partial charge on any atom is -0.371 e. The summed E-state index contributed by atoms with van der Waals surface area (Å²) in [6, 6.07) is 0. The average Bonchev–Trinajstić information content (AvgIpc) is 2.38. The van der Waals surface area contributed by atoms with Crippen LogP contribution in [0.2, 0.25) is 0 Å². The zero-order chi connectivity index (χ0) is 13.8. The van der Waals surface area contributed by atoms with Crippen LogP contribution in [0.25, 0.3) is 0 Å². The molecule has 0 unspecified atom stereocenters. The number of unbranched alkanes of at least 4 members (excludes halogenated alkanes) is 2. The van der Waals surface area contributed by atoms with Gasteiger partial charge in [0.1, 0.15) is 0 Å². The lowest BCUT2D eigenvalue weighted by atomic mass is 9.91. The molecular formula is C15H26Br2O2. The van der Waals surface area contributed by atoms with Crippen molar-refractivity contribution in [2.24, 2.45) is 0 Å². The zero-order valence-electron chi connectivity index (χ0n) is 12.0. The normalized spacial score (nSPS) is 42.9. The lowest BCUT2D eigenvalue weighted by Crippen LogP contribution is -2.52. The molecule has 3 fully saturated rings. The number of alkyl halides is 2. The van der Waals surface area contributed by atoms with Crippen molar-refractivity contribution in [3.8, 4) is 0 Å². The first kappa shape index (κ1) is 16.3. The highest BCUT2D eigenvalue weighted by Crippen LogP contribution is 2.38. The van der Waals surface area contributed by atoms with E-state index in [2.05, 4.69) is 45.7 Å². The fourth-order valence-corrected chi connectivity index (χ4v) is 4.73. The molecule has 19 heavy (non-hydrogen) atoms. The van der Waals surface area contributed by atoms with Gasteiger partial charge in [-0.1, -0.05) is 65.0 Å². The molecule has 0 aliphatic carbocycles. The van der Waals surface area contributed by atoms with Gasteiger partial charge in [0, 0.05) is 9.65 Å². The second-order valence-corrected chi connectivity index (χ2v) is 8.19. The molecule has 2 nitrogen and oxygen atoms in total. The maximum atomic E-state index is 6.35. The monoisotopic (exact) mass is 396 g/mol. The van der Waals surface area contributed by atoms with Crippen LogP contribution in [-0.2, 0) is 9.47 Å². The topological polar surface area (TPSA) is 18.5 Å². The highest BCUT2D eigenvalue weighted by Gasteiger charge is 2.42. The third-order valence-corrected chi connectivity index (χ3v) is 6.26. The van der Waals surface area contributed by atoms with E-state index in [-0.39, 0.29) is 6.10 Å². The third-order valence-electron chi connectivity index (χ3n) is 4.33. The fraction of sp³-hybridized carbons (Fsp3) is 1.00. The average molecular weight is 398 g/mol. The van der Waals surface area contributed by atoms with Crippen LogP contribution in [0.1, 0.15) is 58.8 Å². The predicted octanol–water partition coefficient (Wildman–Crippen LogP) is 4.82. The van der Waals surface area contributed by atoms with Crippen molar-refractivity contribution in [1.82, 2.24) is 0 Å².